The summed E-state index contributed by atoms with van der Waals surface area (Å²) in [6.45, 7) is 4.76. The Morgan fingerprint density at radius 1 is 0.288 bits per heavy atom. The lowest BCUT2D eigenvalue weighted by molar-refractivity contribution is 0.661. The van der Waals surface area contributed by atoms with Crippen molar-refractivity contribution in [2.45, 2.75) is 19.3 Å². The first kappa shape index (κ1) is 33.7. The summed E-state index contributed by atoms with van der Waals surface area (Å²) < 4.78 is 4.91. The van der Waals surface area contributed by atoms with Crippen molar-refractivity contribution in [2.24, 2.45) is 0 Å². The van der Waals surface area contributed by atoms with Crippen molar-refractivity contribution < 1.29 is 0 Å². The first-order chi connectivity index (χ1) is 29.0. The molecule has 0 aliphatic heterocycles. The van der Waals surface area contributed by atoms with Gasteiger partial charge in [0.25, 0.3) is 0 Å². The zero-order valence-electron chi connectivity index (χ0n) is 33.0. The Kier molecular flexibility index (Phi) is 7.31. The highest BCUT2D eigenvalue weighted by Crippen LogP contribution is 2.51. The smallest absolute Gasteiger partial charge is 0.0544 e. The maximum Gasteiger partial charge on any atom is 0.0544 e. The molecule has 12 rings (SSSR count). The van der Waals surface area contributed by atoms with Crippen LogP contribution in [0.3, 0.4) is 0 Å². The summed E-state index contributed by atoms with van der Waals surface area (Å²) in [5, 5.41) is 5.02. The quantitative estimate of drug-likeness (QED) is 0.166. The summed E-state index contributed by atoms with van der Waals surface area (Å²) in [5.74, 6) is 0. The number of hydrogen-bond donors (Lipinski definition) is 0. The highest BCUT2D eigenvalue weighted by atomic mass is 15.0. The molecule has 59 heavy (non-hydrogen) atoms. The molecule has 2 aromatic heterocycles. The highest BCUT2D eigenvalue weighted by Gasteiger charge is 2.36. The van der Waals surface area contributed by atoms with Crippen LogP contribution in [0.15, 0.2) is 206 Å². The van der Waals surface area contributed by atoms with Gasteiger partial charge in [-0.15, -0.1) is 0 Å². The molecule has 0 unspecified atom stereocenters. The van der Waals surface area contributed by atoms with E-state index in [2.05, 4.69) is 229 Å². The fourth-order valence-electron chi connectivity index (χ4n) is 10.0. The molecule has 0 N–H and O–H groups in total. The van der Waals surface area contributed by atoms with Gasteiger partial charge in [0.05, 0.1) is 22.1 Å². The van der Waals surface area contributed by atoms with E-state index in [-0.39, 0.29) is 5.41 Å². The summed E-state index contributed by atoms with van der Waals surface area (Å²) in [5.41, 5.74) is 19.7. The number of aromatic nitrogens is 2. The summed E-state index contributed by atoms with van der Waals surface area (Å²) in [7, 11) is 0. The molecule has 1 aliphatic carbocycles. The van der Waals surface area contributed by atoms with Crippen LogP contribution < -0.4 is 0 Å². The average molecular weight is 753 g/mol. The third kappa shape index (κ3) is 5.13. The normalized spacial score (nSPS) is 13.1. The molecular weight excluding hydrogens is 713 g/mol. The molecule has 9 aromatic carbocycles. The fourth-order valence-corrected chi connectivity index (χ4v) is 10.0. The van der Waals surface area contributed by atoms with Gasteiger partial charge in [-0.1, -0.05) is 147 Å². The number of rotatable bonds is 5. The summed E-state index contributed by atoms with van der Waals surface area (Å²) in [4.78, 5) is 0. The standard InChI is InChI=1S/C57H40N2/c1-57(2)51-24-14-12-22-45(51)47-35-50-49-33-39(37-16-6-3-7-17-37)26-28-55(49)59(56(50)36-52(47)57)44-31-41(38-18-8-4-9-19-38)30-42(32-44)40-27-29-54-48(34-40)46-23-13-15-25-53(46)58(54)43-20-10-5-11-21-43/h3-36H,1-2H3. The van der Waals surface area contributed by atoms with E-state index in [1.54, 1.807) is 0 Å². The third-order valence-corrected chi connectivity index (χ3v) is 12.9. The predicted octanol–water partition coefficient (Wildman–Crippen LogP) is 15.2. The van der Waals surface area contributed by atoms with Crippen LogP contribution in [0.4, 0.5) is 0 Å². The van der Waals surface area contributed by atoms with E-state index in [1.807, 2.05) is 0 Å². The molecule has 0 spiro atoms. The number of benzene rings is 9. The van der Waals surface area contributed by atoms with Gasteiger partial charge in [-0.05, 0) is 128 Å². The zero-order chi connectivity index (χ0) is 39.2. The Morgan fingerprint density at radius 3 is 1.51 bits per heavy atom. The van der Waals surface area contributed by atoms with Gasteiger partial charge in [0.1, 0.15) is 0 Å². The molecule has 0 bridgehead atoms. The molecule has 278 valence electrons. The first-order valence-corrected chi connectivity index (χ1v) is 20.6. The molecule has 0 fully saturated rings. The third-order valence-electron chi connectivity index (χ3n) is 12.9. The molecule has 2 heteroatoms. The lowest BCUT2D eigenvalue weighted by atomic mass is 9.82. The molecule has 0 saturated heterocycles. The molecule has 2 nitrogen and oxygen atoms in total. The van der Waals surface area contributed by atoms with Crippen molar-refractivity contribution >= 4 is 43.6 Å². The minimum Gasteiger partial charge on any atom is -0.309 e. The Morgan fingerprint density at radius 2 is 0.797 bits per heavy atom. The lowest BCUT2D eigenvalue weighted by Gasteiger charge is -2.22. The predicted molar refractivity (Wildman–Crippen MR) is 249 cm³/mol. The maximum atomic E-state index is 2.52. The Balaban J connectivity index is 1.14. The minimum absolute atomic E-state index is 0.123. The molecule has 0 amide bonds. The van der Waals surface area contributed by atoms with E-state index in [1.165, 1.54) is 105 Å². The van der Waals surface area contributed by atoms with Crippen LogP contribution in [0.1, 0.15) is 25.0 Å². The van der Waals surface area contributed by atoms with Gasteiger partial charge in [0.15, 0.2) is 0 Å². The summed E-state index contributed by atoms with van der Waals surface area (Å²) >= 11 is 0. The van der Waals surface area contributed by atoms with E-state index >= 15 is 0 Å². The Hall–Kier alpha value is -7.42. The molecule has 11 aromatic rings. The molecular formula is C57H40N2. The van der Waals surface area contributed by atoms with Crippen molar-refractivity contribution in [3.05, 3.63) is 217 Å². The monoisotopic (exact) mass is 752 g/mol. The van der Waals surface area contributed by atoms with Gasteiger partial charge < -0.3 is 9.13 Å². The van der Waals surface area contributed by atoms with Gasteiger partial charge in [0, 0.05) is 38.3 Å². The van der Waals surface area contributed by atoms with Crippen molar-refractivity contribution in [1.29, 1.82) is 0 Å². The highest BCUT2D eigenvalue weighted by molar-refractivity contribution is 6.13. The van der Waals surface area contributed by atoms with E-state index in [4.69, 9.17) is 0 Å². The van der Waals surface area contributed by atoms with Crippen molar-refractivity contribution in [3.63, 3.8) is 0 Å². The molecule has 1 aliphatic rings. The van der Waals surface area contributed by atoms with Crippen molar-refractivity contribution in [3.8, 4) is 55.9 Å². The number of hydrogen-bond acceptors (Lipinski definition) is 0. The second-order valence-corrected chi connectivity index (χ2v) is 16.6. The van der Waals surface area contributed by atoms with E-state index in [0.29, 0.717) is 0 Å². The summed E-state index contributed by atoms with van der Waals surface area (Å²) in [6, 6.07) is 76.2. The summed E-state index contributed by atoms with van der Waals surface area (Å²) in [6.07, 6.45) is 0. The van der Waals surface area contributed by atoms with E-state index in [0.717, 1.165) is 5.69 Å². The van der Waals surface area contributed by atoms with Crippen LogP contribution in [0.5, 0.6) is 0 Å². The second-order valence-electron chi connectivity index (χ2n) is 16.6. The number of nitrogens with zero attached hydrogens (tertiary/aromatic N) is 2. The van der Waals surface area contributed by atoms with Crippen LogP contribution in [0.2, 0.25) is 0 Å². The zero-order valence-corrected chi connectivity index (χ0v) is 33.0. The molecule has 0 saturated carbocycles. The SMILES string of the molecule is CC1(C)c2ccccc2-c2cc3c4cc(-c5ccccc5)ccc4n(-c4cc(-c5ccccc5)cc(-c5ccc6c(c5)c5ccccc5n6-c5ccccc5)c4)c3cc21. The fraction of sp³-hybridized carbons (Fsp3) is 0.0526. The van der Waals surface area contributed by atoms with Crippen LogP contribution in [-0.2, 0) is 5.41 Å². The van der Waals surface area contributed by atoms with Gasteiger partial charge in [-0.25, -0.2) is 0 Å². The first-order valence-electron chi connectivity index (χ1n) is 20.6. The van der Waals surface area contributed by atoms with Crippen molar-refractivity contribution in [2.75, 3.05) is 0 Å². The second kappa shape index (κ2) is 12.8. The lowest BCUT2D eigenvalue weighted by Crippen LogP contribution is -2.15. The van der Waals surface area contributed by atoms with Gasteiger partial charge in [-0.2, -0.15) is 0 Å². The minimum atomic E-state index is -0.123. The number of fused-ring (bicyclic) bond motifs is 9. The van der Waals surface area contributed by atoms with Crippen LogP contribution >= 0.6 is 0 Å². The van der Waals surface area contributed by atoms with Crippen LogP contribution in [0.25, 0.3) is 99.5 Å². The van der Waals surface area contributed by atoms with Crippen molar-refractivity contribution in [1.82, 2.24) is 9.13 Å². The number of para-hydroxylation sites is 2. The van der Waals surface area contributed by atoms with Gasteiger partial charge in [0.2, 0.25) is 0 Å². The van der Waals surface area contributed by atoms with Crippen LogP contribution in [0, 0.1) is 0 Å². The molecule has 2 heterocycles. The van der Waals surface area contributed by atoms with Crippen LogP contribution in [-0.4, -0.2) is 9.13 Å². The Labute approximate surface area is 343 Å². The van der Waals surface area contributed by atoms with E-state index in [9.17, 15) is 0 Å². The average Bonchev–Trinajstić information content (AvgIpc) is 3.88. The molecule has 0 atom stereocenters. The largest absolute Gasteiger partial charge is 0.309 e. The molecule has 0 radical (unpaired) electrons. The van der Waals surface area contributed by atoms with Gasteiger partial charge >= 0.3 is 0 Å². The van der Waals surface area contributed by atoms with Gasteiger partial charge in [-0.3, -0.25) is 0 Å². The topological polar surface area (TPSA) is 9.86 Å². The maximum absolute atomic E-state index is 2.52. The van der Waals surface area contributed by atoms with E-state index < -0.39 is 0 Å². The Bertz CT molecular complexity index is 3440.